The van der Waals surface area contributed by atoms with Crippen molar-refractivity contribution >= 4 is 12.0 Å². The molecule has 0 aliphatic carbocycles. The van der Waals surface area contributed by atoms with Gasteiger partial charge in [0.25, 0.3) is 0 Å². The van der Waals surface area contributed by atoms with Crippen LogP contribution in [0.15, 0.2) is 0 Å². The lowest BCUT2D eigenvalue weighted by Crippen LogP contribution is -2.41. The molecule has 3 N–H and O–H groups in total. The highest BCUT2D eigenvalue weighted by molar-refractivity contribution is 5.74. The first-order valence-electron chi connectivity index (χ1n) is 7.10. The molecule has 19 heavy (non-hydrogen) atoms. The number of hydrogen-bond donors (Lipinski definition) is 3. The van der Waals surface area contributed by atoms with E-state index in [4.69, 9.17) is 5.11 Å². The highest BCUT2D eigenvalue weighted by Gasteiger charge is 2.11. The second-order valence-electron chi connectivity index (χ2n) is 5.65. The van der Waals surface area contributed by atoms with Crippen LogP contribution < -0.4 is 10.6 Å². The minimum Gasteiger partial charge on any atom is -0.481 e. The van der Waals surface area contributed by atoms with Gasteiger partial charge in [0.15, 0.2) is 0 Å². The lowest BCUT2D eigenvalue weighted by Gasteiger charge is -2.15. The highest BCUT2D eigenvalue weighted by atomic mass is 16.4. The summed E-state index contributed by atoms with van der Waals surface area (Å²) < 4.78 is 0. The van der Waals surface area contributed by atoms with E-state index in [0.717, 1.165) is 12.8 Å². The van der Waals surface area contributed by atoms with Crippen molar-refractivity contribution in [1.29, 1.82) is 0 Å². The predicted molar refractivity (Wildman–Crippen MR) is 76.1 cm³/mol. The van der Waals surface area contributed by atoms with Gasteiger partial charge in [-0.25, -0.2) is 4.79 Å². The number of hydrogen-bond acceptors (Lipinski definition) is 2. The normalized spacial score (nSPS) is 13.9. The van der Waals surface area contributed by atoms with Crippen LogP contribution in [0.3, 0.4) is 0 Å². The van der Waals surface area contributed by atoms with E-state index in [1.54, 1.807) is 6.92 Å². The van der Waals surface area contributed by atoms with Crippen LogP contribution in [-0.2, 0) is 4.79 Å². The summed E-state index contributed by atoms with van der Waals surface area (Å²) in [6.45, 7) is 8.51. The van der Waals surface area contributed by atoms with E-state index >= 15 is 0 Å². The van der Waals surface area contributed by atoms with Crippen LogP contribution in [-0.4, -0.2) is 29.7 Å². The zero-order valence-corrected chi connectivity index (χ0v) is 12.5. The first-order valence-corrected chi connectivity index (χ1v) is 7.10. The number of amides is 2. The van der Waals surface area contributed by atoms with Crippen molar-refractivity contribution in [2.75, 3.05) is 6.54 Å². The van der Waals surface area contributed by atoms with Crippen molar-refractivity contribution in [2.45, 2.75) is 59.4 Å². The van der Waals surface area contributed by atoms with Crippen molar-refractivity contribution in [2.24, 2.45) is 11.8 Å². The molecule has 0 bridgehead atoms. The summed E-state index contributed by atoms with van der Waals surface area (Å²) in [6.07, 6.45) is 3.33. The number of carboxylic acid groups (broad SMARTS) is 1. The molecule has 112 valence electrons. The van der Waals surface area contributed by atoms with Gasteiger partial charge in [0.05, 0.1) is 5.92 Å². The Morgan fingerprint density at radius 2 is 1.68 bits per heavy atom. The van der Waals surface area contributed by atoms with Crippen LogP contribution in [0.25, 0.3) is 0 Å². The maximum Gasteiger partial charge on any atom is 0.314 e. The standard InChI is InChI=1S/C14H28N2O3/c1-10(2)7-8-12(4)16-14(19)15-9-5-6-11(3)13(17)18/h10-12H,5-9H2,1-4H3,(H,17,18)(H2,15,16,19). The number of rotatable bonds is 9. The minimum atomic E-state index is -0.785. The quantitative estimate of drug-likeness (QED) is 0.564. The lowest BCUT2D eigenvalue weighted by molar-refractivity contribution is -0.141. The Hall–Kier alpha value is -1.26. The van der Waals surface area contributed by atoms with Gasteiger partial charge in [-0.2, -0.15) is 0 Å². The van der Waals surface area contributed by atoms with Crippen molar-refractivity contribution in [3.8, 4) is 0 Å². The van der Waals surface area contributed by atoms with Crippen LogP contribution in [0.4, 0.5) is 4.79 Å². The molecule has 5 nitrogen and oxygen atoms in total. The first kappa shape index (κ1) is 17.7. The summed E-state index contributed by atoms with van der Waals surface area (Å²) in [4.78, 5) is 22.1. The molecule has 0 aromatic rings. The SMILES string of the molecule is CC(C)CCC(C)NC(=O)NCCCC(C)C(=O)O. The Bertz CT molecular complexity index is 280. The molecule has 0 radical (unpaired) electrons. The second-order valence-corrected chi connectivity index (χ2v) is 5.65. The van der Waals surface area contributed by atoms with Gasteiger partial charge in [-0.3, -0.25) is 4.79 Å². The fraction of sp³-hybridized carbons (Fsp3) is 0.857. The third kappa shape index (κ3) is 10.4. The monoisotopic (exact) mass is 272 g/mol. The molecular weight excluding hydrogens is 244 g/mol. The van der Waals surface area contributed by atoms with Crippen molar-refractivity contribution in [3.05, 3.63) is 0 Å². The third-order valence-electron chi connectivity index (χ3n) is 3.08. The number of carboxylic acids is 1. The number of urea groups is 1. The molecular formula is C14H28N2O3. The van der Waals surface area contributed by atoms with Crippen LogP contribution in [0.1, 0.15) is 53.4 Å². The van der Waals surface area contributed by atoms with Gasteiger partial charge in [0, 0.05) is 12.6 Å². The van der Waals surface area contributed by atoms with E-state index in [1.807, 2.05) is 6.92 Å². The van der Waals surface area contributed by atoms with Crippen molar-refractivity contribution in [1.82, 2.24) is 10.6 Å². The van der Waals surface area contributed by atoms with Gasteiger partial charge >= 0.3 is 12.0 Å². The van der Waals surface area contributed by atoms with E-state index in [-0.39, 0.29) is 18.0 Å². The van der Waals surface area contributed by atoms with Crippen LogP contribution in [0, 0.1) is 11.8 Å². The zero-order valence-electron chi connectivity index (χ0n) is 12.5. The molecule has 0 aromatic carbocycles. The first-order chi connectivity index (χ1) is 8.82. The molecule has 5 heteroatoms. The van der Waals surface area contributed by atoms with Crippen LogP contribution in [0.2, 0.25) is 0 Å². The zero-order chi connectivity index (χ0) is 14.8. The Kier molecular flexibility index (Phi) is 9.00. The van der Waals surface area contributed by atoms with E-state index < -0.39 is 5.97 Å². The summed E-state index contributed by atoms with van der Waals surface area (Å²) in [6, 6.07) is -0.000391. The van der Waals surface area contributed by atoms with Crippen LogP contribution in [0.5, 0.6) is 0 Å². The number of carbonyl (C=O) groups excluding carboxylic acids is 1. The molecule has 0 rings (SSSR count). The fourth-order valence-electron chi connectivity index (χ4n) is 1.66. The average Bonchev–Trinajstić information content (AvgIpc) is 2.31. The second kappa shape index (κ2) is 9.64. The molecule has 0 aromatic heterocycles. The molecule has 0 saturated carbocycles. The van der Waals surface area contributed by atoms with Crippen LogP contribution >= 0.6 is 0 Å². The van der Waals surface area contributed by atoms with E-state index in [9.17, 15) is 9.59 Å². The molecule has 0 spiro atoms. The Morgan fingerprint density at radius 3 is 2.21 bits per heavy atom. The Labute approximate surface area is 116 Å². The molecule has 0 heterocycles. The third-order valence-corrected chi connectivity index (χ3v) is 3.08. The Balaban J connectivity index is 3.61. The topological polar surface area (TPSA) is 78.4 Å². The largest absolute Gasteiger partial charge is 0.481 e. The molecule has 0 aliphatic rings. The van der Waals surface area contributed by atoms with Gasteiger partial charge in [-0.05, 0) is 38.5 Å². The van der Waals surface area contributed by atoms with Gasteiger partial charge in [-0.1, -0.05) is 20.8 Å². The van der Waals surface area contributed by atoms with Crippen molar-refractivity contribution < 1.29 is 14.7 Å². The molecule has 2 unspecified atom stereocenters. The Morgan fingerprint density at radius 1 is 1.05 bits per heavy atom. The van der Waals surface area contributed by atoms with E-state index in [1.165, 1.54) is 0 Å². The van der Waals surface area contributed by atoms with Crippen molar-refractivity contribution in [3.63, 3.8) is 0 Å². The van der Waals surface area contributed by atoms with Gasteiger partial charge in [0.1, 0.15) is 0 Å². The molecule has 0 fully saturated rings. The molecule has 0 aliphatic heterocycles. The summed E-state index contributed by atoms with van der Waals surface area (Å²) >= 11 is 0. The maximum atomic E-state index is 11.5. The number of nitrogens with one attached hydrogen (secondary N) is 2. The summed E-state index contributed by atoms with van der Waals surface area (Å²) in [5.41, 5.74) is 0. The minimum absolute atomic E-state index is 0.167. The number of carbonyl (C=O) groups is 2. The molecule has 2 amide bonds. The van der Waals surface area contributed by atoms with Gasteiger partial charge in [-0.15, -0.1) is 0 Å². The van der Waals surface area contributed by atoms with Gasteiger partial charge in [0.2, 0.25) is 0 Å². The molecule has 2 atom stereocenters. The fourth-order valence-corrected chi connectivity index (χ4v) is 1.66. The van der Waals surface area contributed by atoms with E-state index in [2.05, 4.69) is 24.5 Å². The lowest BCUT2D eigenvalue weighted by atomic mass is 10.0. The van der Waals surface area contributed by atoms with Gasteiger partial charge < -0.3 is 15.7 Å². The summed E-state index contributed by atoms with van der Waals surface area (Å²) in [5, 5.41) is 14.3. The smallest absolute Gasteiger partial charge is 0.314 e. The van der Waals surface area contributed by atoms with E-state index in [0.29, 0.717) is 25.3 Å². The maximum absolute atomic E-state index is 11.5. The predicted octanol–water partition coefficient (Wildman–Crippen LogP) is 2.61. The number of aliphatic carboxylic acids is 1. The summed E-state index contributed by atoms with van der Waals surface area (Å²) in [5.74, 6) is -0.494. The average molecular weight is 272 g/mol. The highest BCUT2D eigenvalue weighted by Crippen LogP contribution is 2.06. The molecule has 0 saturated heterocycles. The summed E-state index contributed by atoms with van der Waals surface area (Å²) in [7, 11) is 0.